The summed E-state index contributed by atoms with van der Waals surface area (Å²) >= 11 is 0. The largest absolute Gasteiger partial charge is 0.393 e. The van der Waals surface area contributed by atoms with E-state index in [0.717, 1.165) is 0 Å². The second-order valence-corrected chi connectivity index (χ2v) is 3.14. The Morgan fingerprint density at radius 1 is 1.09 bits per heavy atom. The normalized spacial score (nSPS) is 21.8. The Balaban J connectivity index is 0.000000461. The summed E-state index contributed by atoms with van der Waals surface area (Å²) in [4.78, 5) is 0. The van der Waals surface area contributed by atoms with Gasteiger partial charge in [-0.15, -0.1) is 0 Å². The van der Waals surface area contributed by atoms with Crippen molar-refractivity contribution in [3.8, 4) is 0 Å². The van der Waals surface area contributed by atoms with E-state index in [1.165, 1.54) is 32.1 Å². The molecular formula is C10H22O. The summed E-state index contributed by atoms with van der Waals surface area (Å²) in [5, 5.41) is 9.18. The molecule has 0 aromatic rings. The van der Waals surface area contributed by atoms with E-state index < -0.39 is 0 Å². The highest BCUT2D eigenvalue weighted by Crippen LogP contribution is 2.25. The Morgan fingerprint density at radius 2 is 1.55 bits per heavy atom. The molecule has 1 fully saturated rings. The fourth-order valence-corrected chi connectivity index (χ4v) is 1.62. The van der Waals surface area contributed by atoms with E-state index in [1.54, 1.807) is 0 Å². The van der Waals surface area contributed by atoms with Gasteiger partial charge in [-0.05, 0) is 25.7 Å². The van der Waals surface area contributed by atoms with Crippen LogP contribution in [0.15, 0.2) is 0 Å². The molecule has 0 aromatic heterocycles. The van der Waals surface area contributed by atoms with E-state index in [4.69, 9.17) is 0 Å². The van der Waals surface area contributed by atoms with Crippen LogP contribution in [0.5, 0.6) is 0 Å². The zero-order chi connectivity index (χ0) is 8.69. The van der Waals surface area contributed by atoms with Gasteiger partial charge in [0.2, 0.25) is 0 Å². The lowest BCUT2D eigenvalue weighted by atomic mass is 9.86. The number of aliphatic hydroxyl groups excluding tert-OH is 1. The molecule has 0 unspecified atom stereocenters. The van der Waals surface area contributed by atoms with E-state index in [9.17, 15) is 5.11 Å². The lowest BCUT2D eigenvalue weighted by molar-refractivity contribution is 0.101. The van der Waals surface area contributed by atoms with Gasteiger partial charge in [0, 0.05) is 0 Å². The van der Waals surface area contributed by atoms with Crippen LogP contribution in [0.25, 0.3) is 0 Å². The van der Waals surface area contributed by atoms with Gasteiger partial charge in [0.25, 0.3) is 0 Å². The van der Waals surface area contributed by atoms with E-state index in [-0.39, 0.29) is 6.10 Å². The van der Waals surface area contributed by atoms with Crippen molar-refractivity contribution >= 4 is 0 Å². The van der Waals surface area contributed by atoms with Gasteiger partial charge in [-0.25, -0.2) is 0 Å². The highest BCUT2D eigenvalue weighted by Gasteiger charge is 2.17. The van der Waals surface area contributed by atoms with Crippen LogP contribution < -0.4 is 0 Å². The standard InChI is InChI=1S/C8H16O.C2H6/c1-7(9)8-5-3-2-4-6-8;1-2/h7-9H,2-6H2,1H3;1-2H3/t7-;/m1./s1. The SMILES string of the molecule is CC.C[C@@H](O)C1CCCCC1. The van der Waals surface area contributed by atoms with Crippen molar-refractivity contribution < 1.29 is 5.11 Å². The fraction of sp³-hybridized carbons (Fsp3) is 1.00. The maximum atomic E-state index is 9.18. The van der Waals surface area contributed by atoms with Gasteiger partial charge in [0.15, 0.2) is 0 Å². The molecule has 0 heterocycles. The second-order valence-electron chi connectivity index (χ2n) is 3.14. The van der Waals surface area contributed by atoms with Crippen molar-refractivity contribution in [2.24, 2.45) is 5.92 Å². The summed E-state index contributed by atoms with van der Waals surface area (Å²) < 4.78 is 0. The van der Waals surface area contributed by atoms with Crippen LogP contribution in [0.4, 0.5) is 0 Å². The van der Waals surface area contributed by atoms with Gasteiger partial charge < -0.3 is 5.11 Å². The van der Waals surface area contributed by atoms with Crippen molar-refractivity contribution in [2.75, 3.05) is 0 Å². The number of aliphatic hydroxyl groups is 1. The highest BCUT2D eigenvalue weighted by molar-refractivity contribution is 4.69. The Bertz CT molecular complexity index is 72.9. The molecule has 1 heteroatoms. The first-order valence-electron chi connectivity index (χ1n) is 4.99. The van der Waals surface area contributed by atoms with Crippen molar-refractivity contribution in [2.45, 2.75) is 59.0 Å². The van der Waals surface area contributed by atoms with Crippen LogP contribution in [0, 0.1) is 5.92 Å². The smallest absolute Gasteiger partial charge is 0.0540 e. The van der Waals surface area contributed by atoms with Crippen molar-refractivity contribution in [1.29, 1.82) is 0 Å². The topological polar surface area (TPSA) is 20.2 Å². The Morgan fingerprint density at radius 3 is 1.82 bits per heavy atom. The van der Waals surface area contributed by atoms with Crippen LogP contribution in [0.2, 0.25) is 0 Å². The van der Waals surface area contributed by atoms with Gasteiger partial charge in [-0.3, -0.25) is 0 Å². The summed E-state index contributed by atoms with van der Waals surface area (Å²) in [6.45, 7) is 5.91. The number of rotatable bonds is 1. The molecule has 1 saturated carbocycles. The summed E-state index contributed by atoms with van der Waals surface area (Å²) in [6.07, 6.45) is 6.47. The van der Waals surface area contributed by atoms with E-state index >= 15 is 0 Å². The minimum Gasteiger partial charge on any atom is -0.393 e. The maximum Gasteiger partial charge on any atom is 0.0540 e. The molecule has 0 saturated heterocycles. The third kappa shape index (κ3) is 4.41. The predicted octanol–water partition coefficient (Wildman–Crippen LogP) is 2.97. The molecule has 11 heavy (non-hydrogen) atoms. The van der Waals surface area contributed by atoms with Crippen molar-refractivity contribution in [1.82, 2.24) is 0 Å². The molecule has 0 radical (unpaired) electrons. The summed E-state index contributed by atoms with van der Waals surface area (Å²) in [5.41, 5.74) is 0. The maximum absolute atomic E-state index is 9.18. The zero-order valence-electron chi connectivity index (χ0n) is 8.14. The average molecular weight is 158 g/mol. The first kappa shape index (κ1) is 11.0. The molecule has 0 spiro atoms. The monoisotopic (exact) mass is 158 g/mol. The third-order valence-corrected chi connectivity index (χ3v) is 2.33. The lowest BCUT2D eigenvalue weighted by Crippen LogP contribution is -2.19. The second kappa shape index (κ2) is 6.66. The van der Waals surface area contributed by atoms with Gasteiger partial charge in [0.1, 0.15) is 0 Å². The van der Waals surface area contributed by atoms with Crippen LogP contribution in [-0.4, -0.2) is 11.2 Å². The molecule has 1 aliphatic carbocycles. The van der Waals surface area contributed by atoms with Crippen LogP contribution in [0.1, 0.15) is 52.9 Å². The first-order valence-corrected chi connectivity index (χ1v) is 4.99. The van der Waals surface area contributed by atoms with E-state index in [2.05, 4.69) is 0 Å². The van der Waals surface area contributed by atoms with Crippen LogP contribution in [-0.2, 0) is 0 Å². The molecule has 1 aliphatic rings. The Kier molecular flexibility index (Phi) is 6.63. The molecule has 0 bridgehead atoms. The first-order chi connectivity index (χ1) is 5.30. The molecule has 0 aromatic carbocycles. The highest BCUT2D eigenvalue weighted by atomic mass is 16.3. The molecule has 1 atom stereocenters. The minimum atomic E-state index is -0.0645. The Labute approximate surface area is 70.8 Å². The quantitative estimate of drug-likeness (QED) is 0.622. The zero-order valence-corrected chi connectivity index (χ0v) is 8.14. The lowest BCUT2D eigenvalue weighted by Gasteiger charge is -2.23. The molecular weight excluding hydrogens is 136 g/mol. The Hall–Kier alpha value is -0.0400. The average Bonchev–Trinajstić information content (AvgIpc) is 2.10. The molecule has 68 valence electrons. The van der Waals surface area contributed by atoms with E-state index in [0.29, 0.717) is 5.92 Å². The van der Waals surface area contributed by atoms with Crippen molar-refractivity contribution in [3.05, 3.63) is 0 Å². The van der Waals surface area contributed by atoms with Crippen LogP contribution >= 0.6 is 0 Å². The number of hydrogen-bond acceptors (Lipinski definition) is 1. The van der Waals surface area contributed by atoms with Gasteiger partial charge >= 0.3 is 0 Å². The fourth-order valence-electron chi connectivity index (χ4n) is 1.62. The summed E-state index contributed by atoms with van der Waals surface area (Å²) in [7, 11) is 0. The van der Waals surface area contributed by atoms with E-state index in [1.807, 2.05) is 20.8 Å². The molecule has 1 N–H and O–H groups in total. The molecule has 0 amide bonds. The van der Waals surface area contributed by atoms with Gasteiger partial charge in [-0.2, -0.15) is 0 Å². The molecule has 0 aliphatic heterocycles. The van der Waals surface area contributed by atoms with Crippen molar-refractivity contribution in [3.63, 3.8) is 0 Å². The third-order valence-electron chi connectivity index (χ3n) is 2.33. The molecule has 1 rings (SSSR count). The molecule has 1 nitrogen and oxygen atoms in total. The summed E-state index contributed by atoms with van der Waals surface area (Å²) in [5.74, 6) is 0.610. The van der Waals surface area contributed by atoms with Crippen LogP contribution in [0.3, 0.4) is 0 Å². The predicted molar refractivity (Wildman–Crippen MR) is 49.6 cm³/mol. The number of hydrogen-bond donors (Lipinski definition) is 1. The minimum absolute atomic E-state index is 0.0645. The summed E-state index contributed by atoms with van der Waals surface area (Å²) in [6, 6.07) is 0. The van der Waals surface area contributed by atoms with Gasteiger partial charge in [0.05, 0.1) is 6.10 Å². The van der Waals surface area contributed by atoms with Gasteiger partial charge in [-0.1, -0.05) is 33.1 Å².